The van der Waals surface area contributed by atoms with Crippen molar-refractivity contribution in [2.45, 2.75) is 6.92 Å². The molecule has 0 radical (unpaired) electrons. The number of benzene rings is 1. The first-order chi connectivity index (χ1) is 11.4. The highest BCUT2D eigenvalue weighted by Gasteiger charge is 2.20. The fourth-order valence-corrected chi connectivity index (χ4v) is 3.33. The molecule has 1 aliphatic rings. The quantitative estimate of drug-likeness (QED) is 0.756. The number of sulfonamides is 1. The third kappa shape index (κ3) is 5.77. The molecule has 0 spiro atoms. The molecule has 1 fully saturated rings. The normalized spacial score (nSPS) is 15.9. The van der Waals surface area contributed by atoms with Gasteiger partial charge in [0.05, 0.1) is 25.2 Å². The van der Waals surface area contributed by atoms with E-state index in [2.05, 4.69) is 10.2 Å². The summed E-state index contributed by atoms with van der Waals surface area (Å²) in [6, 6.07) is 7.06. The molecule has 134 valence electrons. The van der Waals surface area contributed by atoms with Crippen molar-refractivity contribution >= 4 is 21.6 Å². The van der Waals surface area contributed by atoms with Crippen molar-refractivity contribution in [3.05, 3.63) is 29.8 Å². The number of morpholine rings is 1. The van der Waals surface area contributed by atoms with E-state index in [1.54, 1.807) is 12.1 Å². The van der Waals surface area contributed by atoms with Gasteiger partial charge >= 0.3 is 0 Å². The highest BCUT2D eigenvalue weighted by Crippen LogP contribution is 2.17. The maximum atomic E-state index is 12.1. The molecule has 24 heavy (non-hydrogen) atoms. The lowest BCUT2D eigenvalue weighted by molar-refractivity contribution is -0.119. The monoisotopic (exact) mass is 355 g/mol. The molecule has 1 heterocycles. The van der Waals surface area contributed by atoms with Gasteiger partial charge in [0.15, 0.2) is 0 Å². The van der Waals surface area contributed by atoms with E-state index in [-0.39, 0.29) is 12.5 Å². The number of nitrogens with zero attached hydrogens (tertiary/aromatic N) is 2. The van der Waals surface area contributed by atoms with Crippen LogP contribution in [0.4, 0.5) is 5.69 Å². The number of hydrogen-bond acceptors (Lipinski definition) is 5. The second-order valence-electron chi connectivity index (χ2n) is 5.91. The predicted molar refractivity (Wildman–Crippen MR) is 93.6 cm³/mol. The predicted octanol–water partition coefficient (Wildman–Crippen LogP) is 0.209. The molecule has 1 saturated heterocycles. The van der Waals surface area contributed by atoms with Crippen LogP contribution in [0.15, 0.2) is 24.3 Å². The Bertz CT molecular complexity index is 640. The van der Waals surface area contributed by atoms with E-state index in [1.807, 2.05) is 19.1 Å². The lowest BCUT2D eigenvalue weighted by atomic mass is 10.2. The van der Waals surface area contributed by atoms with Crippen LogP contribution in [0.3, 0.4) is 0 Å². The summed E-state index contributed by atoms with van der Waals surface area (Å²) in [7, 11) is -3.53. The van der Waals surface area contributed by atoms with Crippen LogP contribution < -0.4 is 9.62 Å². The van der Waals surface area contributed by atoms with Crippen molar-refractivity contribution in [3.63, 3.8) is 0 Å². The van der Waals surface area contributed by atoms with Gasteiger partial charge in [-0.3, -0.25) is 14.0 Å². The average Bonchev–Trinajstić information content (AvgIpc) is 2.54. The maximum Gasteiger partial charge on any atom is 0.240 e. The molecule has 7 nitrogen and oxygen atoms in total. The molecule has 2 rings (SSSR count). The van der Waals surface area contributed by atoms with Gasteiger partial charge in [-0.1, -0.05) is 17.7 Å². The van der Waals surface area contributed by atoms with Crippen molar-refractivity contribution in [3.8, 4) is 0 Å². The van der Waals surface area contributed by atoms with Crippen LogP contribution >= 0.6 is 0 Å². The van der Waals surface area contributed by atoms with E-state index in [1.165, 1.54) is 0 Å². The summed E-state index contributed by atoms with van der Waals surface area (Å²) in [4.78, 5) is 14.3. The van der Waals surface area contributed by atoms with Crippen LogP contribution in [0.5, 0.6) is 0 Å². The molecule has 1 aliphatic heterocycles. The highest BCUT2D eigenvalue weighted by atomic mass is 32.2. The summed E-state index contributed by atoms with van der Waals surface area (Å²) in [5, 5.41) is 2.79. The lowest BCUT2D eigenvalue weighted by Gasteiger charge is -2.27. The highest BCUT2D eigenvalue weighted by molar-refractivity contribution is 7.92. The smallest absolute Gasteiger partial charge is 0.240 e. The second-order valence-corrected chi connectivity index (χ2v) is 7.82. The number of carbonyl (C=O) groups excluding carboxylic acids is 1. The van der Waals surface area contributed by atoms with Crippen LogP contribution in [0.2, 0.25) is 0 Å². The first-order valence-electron chi connectivity index (χ1n) is 7.97. The second kappa shape index (κ2) is 8.46. The molecule has 0 aliphatic carbocycles. The van der Waals surface area contributed by atoms with Gasteiger partial charge in [-0.15, -0.1) is 0 Å². The fourth-order valence-electron chi connectivity index (χ4n) is 2.48. The number of ether oxygens (including phenoxy) is 1. The molecular formula is C16H25N3O4S. The molecule has 0 bridgehead atoms. The van der Waals surface area contributed by atoms with Gasteiger partial charge in [0.1, 0.15) is 6.54 Å². The third-order valence-corrected chi connectivity index (χ3v) is 5.00. The van der Waals surface area contributed by atoms with Crippen LogP contribution in [0, 0.1) is 6.92 Å². The number of hydrogen-bond donors (Lipinski definition) is 1. The molecule has 0 aromatic heterocycles. The minimum Gasteiger partial charge on any atom is -0.379 e. The molecule has 0 atom stereocenters. The minimum absolute atomic E-state index is 0.217. The number of anilines is 1. The Hall–Kier alpha value is -1.64. The van der Waals surface area contributed by atoms with E-state index in [0.717, 1.165) is 35.8 Å². The average molecular weight is 355 g/mol. The standard InChI is InChI=1S/C16H25N3O4S/c1-14-3-5-15(6-4-14)19(24(2,21)22)13-16(20)17-7-8-18-9-11-23-12-10-18/h3-6H,7-13H2,1-2H3,(H,17,20). The molecule has 8 heteroatoms. The number of carbonyl (C=O) groups is 1. The van der Waals surface area contributed by atoms with Crippen LogP contribution in [0.1, 0.15) is 5.56 Å². The van der Waals surface area contributed by atoms with E-state index in [9.17, 15) is 13.2 Å². The van der Waals surface area contributed by atoms with Crippen molar-refractivity contribution in [2.24, 2.45) is 0 Å². The molecule has 1 aromatic rings. The molecular weight excluding hydrogens is 330 g/mol. The first kappa shape index (κ1) is 18.7. The zero-order valence-corrected chi connectivity index (χ0v) is 15.0. The Balaban J connectivity index is 1.89. The van der Waals surface area contributed by atoms with Crippen LogP contribution in [0.25, 0.3) is 0 Å². The van der Waals surface area contributed by atoms with Crippen molar-refractivity contribution in [1.82, 2.24) is 10.2 Å². The number of aryl methyl sites for hydroxylation is 1. The van der Waals surface area contributed by atoms with Gasteiger partial charge in [0.2, 0.25) is 15.9 Å². The van der Waals surface area contributed by atoms with Crippen LogP contribution in [-0.4, -0.2) is 71.4 Å². The zero-order valence-electron chi connectivity index (χ0n) is 14.2. The zero-order chi connectivity index (χ0) is 17.6. The van der Waals surface area contributed by atoms with Crippen molar-refractivity contribution in [2.75, 3.05) is 56.5 Å². The Kier molecular flexibility index (Phi) is 6.59. The summed E-state index contributed by atoms with van der Waals surface area (Å²) in [6.07, 6.45) is 1.11. The number of rotatable bonds is 7. The van der Waals surface area contributed by atoms with E-state index in [0.29, 0.717) is 25.4 Å². The number of nitrogens with one attached hydrogen (secondary N) is 1. The molecule has 0 unspecified atom stereocenters. The van der Waals surface area contributed by atoms with Gasteiger partial charge in [-0.25, -0.2) is 8.42 Å². The van der Waals surface area contributed by atoms with Gasteiger partial charge in [-0.2, -0.15) is 0 Å². The first-order valence-corrected chi connectivity index (χ1v) is 9.82. The van der Waals surface area contributed by atoms with Crippen molar-refractivity contribution < 1.29 is 17.9 Å². The van der Waals surface area contributed by atoms with Gasteiger partial charge < -0.3 is 10.1 Å². The summed E-state index contributed by atoms with van der Waals surface area (Å²) < 4.78 is 30.4. The SMILES string of the molecule is Cc1ccc(N(CC(=O)NCCN2CCOCC2)S(C)(=O)=O)cc1. The minimum atomic E-state index is -3.53. The van der Waals surface area contributed by atoms with E-state index < -0.39 is 10.0 Å². The molecule has 0 saturated carbocycles. The lowest BCUT2D eigenvalue weighted by Crippen LogP contribution is -2.44. The van der Waals surface area contributed by atoms with Gasteiger partial charge in [0.25, 0.3) is 0 Å². The third-order valence-electron chi connectivity index (χ3n) is 3.86. The summed E-state index contributed by atoms with van der Waals surface area (Å²) in [6.45, 7) is 6.07. The number of amides is 1. The topological polar surface area (TPSA) is 79.0 Å². The maximum absolute atomic E-state index is 12.1. The Morgan fingerprint density at radius 2 is 1.88 bits per heavy atom. The summed E-state index contributed by atoms with van der Waals surface area (Å²) in [5.74, 6) is -0.311. The largest absolute Gasteiger partial charge is 0.379 e. The Morgan fingerprint density at radius 3 is 2.46 bits per heavy atom. The molecule has 1 amide bonds. The fraction of sp³-hybridized carbons (Fsp3) is 0.562. The van der Waals surface area contributed by atoms with Crippen LogP contribution in [-0.2, 0) is 19.6 Å². The van der Waals surface area contributed by atoms with Gasteiger partial charge in [0, 0.05) is 26.2 Å². The Morgan fingerprint density at radius 1 is 1.25 bits per heavy atom. The summed E-state index contributed by atoms with van der Waals surface area (Å²) >= 11 is 0. The summed E-state index contributed by atoms with van der Waals surface area (Å²) in [5.41, 5.74) is 1.52. The molecule has 1 aromatic carbocycles. The van der Waals surface area contributed by atoms with E-state index >= 15 is 0 Å². The van der Waals surface area contributed by atoms with Gasteiger partial charge in [-0.05, 0) is 19.1 Å². The van der Waals surface area contributed by atoms with Crippen molar-refractivity contribution in [1.29, 1.82) is 0 Å². The Labute approximate surface area is 143 Å². The van der Waals surface area contributed by atoms with E-state index in [4.69, 9.17) is 4.74 Å². The molecule has 1 N–H and O–H groups in total.